The largest absolute Gasteiger partial charge is 0.477 e. The second-order valence-corrected chi connectivity index (χ2v) is 6.41. The van der Waals surface area contributed by atoms with Crippen LogP contribution < -0.4 is 4.72 Å². The maximum atomic E-state index is 12.0. The van der Waals surface area contributed by atoms with Gasteiger partial charge in [-0.25, -0.2) is 13.2 Å². The van der Waals surface area contributed by atoms with Gasteiger partial charge in [-0.2, -0.15) is 0 Å². The summed E-state index contributed by atoms with van der Waals surface area (Å²) >= 11 is 6.65. The third-order valence-corrected chi connectivity index (χ3v) is 4.85. The van der Waals surface area contributed by atoms with Crippen LogP contribution in [0.2, 0.25) is 5.02 Å². The van der Waals surface area contributed by atoms with Crippen LogP contribution in [0.1, 0.15) is 9.67 Å². The highest BCUT2D eigenvalue weighted by molar-refractivity contribution is 7.92. The van der Waals surface area contributed by atoms with Gasteiger partial charge in [-0.05, 0) is 12.1 Å². The highest BCUT2D eigenvalue weighted by Gasteiger charge is 2.19. The van der Waals surface area contributed by atoms with Crippen molar-refractivity contribution in [3.05, 3.63) is 39.8 Å². The van der Waals surface area contributed by atoms with Crippen molar-refractivity contribution in [2.75, 3.05) is 4.72 Å². The number of nitrogens with one attached hydrogen (secondary N) is 1. The first kappa shape index (κ1) is 13.8. The Morgan fingerprint density at radius 2 is 2.21 bits per heavy atom. The molecule has 2 N–H and O–H groups in total. The van der Waals surface area contributed by atoms with Crippen LogP contribution in [0.15, 0.2) is 34.8 Å². The first-order valence-electron chi connectivity index (χ1n) is 4.84. The number of carbonyl (C=O) groups is 1. The van der Waals surface area contributed by atoms with Crippen LogP contribution in [-0.4, -0.2) is 24.5 Å². The molecule has 0 unspecified atom stereocenters. The van der Waals surface area contributed by atoms with Gasteiger partial charge in [0.25, 0.3) is 10.0 Å². The summed E-state index contributed by atoms with van der Waals surface area (Å²) in [4.78, 5) is 14.3. The quantitative estimate of drug-likeness (QED) is 0.901. The van der Waals surface area contributed by atoms with E-state index in [-0.39, 0.29) is 20.5 Å². The van der Waals surface area contributed by atoms with Crippen molar-refractivity contribution >= 4 is 44.6 Å². The topological polar surface area (TPSA) is 96.4 Å². The number of carboxylic acid groups (broad SMARTS) is 1. The fourth-order valence-electron chi connectivity index (χ4n) is 1.23. The number of hydrogen-bond donors (Lipinski definition) is 2. The highest BCUT2D eigenvalue weighted by Crippen LogP contribution is 2.25. The number of rotatable bonds is 4. The normalized spacial score (nSPS) is 11.2. The number of hydrogen-bond acceptors (Lipinski definition) is 5. The van der Waals surface area contributed by atoms with Crippen LogP contribution in [-0.2, 0) is 10.0 Å². The Labute approximate surface area is 117 Å². The highest BCUT2D eigenvalue weighted by atomic mass is 35.5. The van der Waals surface area contributed by atoms with Crippen LogP contribution in [0.3, 0.4) is 0 Å². The van der Waals surface area contributed by atoms with E-state index in [1.54, 1.807) is 0 Å². The maximum absolute atomic E-state index is 12.0. The molecule has 2 aromatic heterocycles. The van der Waals surface area contributed by atoms with Crippen LogP contribution in [0.4, 0.5) is 5.69 Å². The third kappa shape index (κ3) is 3.03. The Hall–Kier alpha value is -1.64. The molecule has 0 aromatic carbocycles. The number of carboxylic acids is 1. The summed E-state index contributed by atoms with van der Waals surface area (Å²) < 4.78 is 26.3. The van der Waals surface area contributed by atoms with Crippen molar-refractivity contribution in [1.82, 2.24) is 4.98 Å². The standard InChI is InChI=1S/C10H7ClN2O4S2/c11-7-1-2-12-4-8(7)13-19(16,17)6-3-9(10(14)15)18-5-6/h1-5,13H,(H,14,15). The molecule has 0 fully saturated rings. The molecule has 2 aromatic rings. The van der Waals surface area contributed by atoms with E-state index in [2.05, 4.69) is 9.71 Å². The van der Waals surface area contributed by atoms with Gasteiger partial charge in [0.2, 0.25) is 0 Å². The summed E-state index contributed by atoms with van der Waals surface area (Å²) in [6.07, 6.45) is 2.69. The van der Waals surface area contributed by atoms with Gasteiger partial charge in [0, 0.05) is 11.6 Å². The molecule has 2 heterocycles. The van der Waals surface area contributed by atoms with Crippen molar-refractivity contribution in [1.29, 1.82) is 0 Å². The smallest absolute Gasteiger partial charge is 0.345 e. The van der Waals surface area contributed by atoms with Gasteiger partial charge in [-0.3, -0.25) is 9.71 Å². The number of anilines is 1. The third-order valence-electron chi connectivity index (χ3n) is 2.11. The molecule has 0 saturated heterocycles. The zero-order valence-electron chi connectivity index (χ0n) is 9.20. The Bertz CT molecular complexity index is 727. The molecular formula is C10H7ClN2O4S2. The number of aromatic carboxylic acids is 1. The van der Waals surface area contributed by atoms with Crippen LogP contribution in [0, 0.1) is 0 Å². The monoisotopic (exact) mass is 318 g/mol. The molecule has 0 amide bonds. The lowest BCUT2D eigenvalue weighted by atomic mass is 10.4. The van der Waals surface area contributed by atoms with Crippen molar-refractivity contribution in [2.24, 2.45) is 0 Å². The zero-order chi connectivity index (χ0) is 14.0. The molecule has 0 aliphatic rings. The number of nitrogens with zero attached hydrogens (tertiary/aromatic N) is 1. The summed E-state index contributed by atoms with van der Waals surface area (Å²) in [5.41, 5.74) is 0.132. The molecule has 0 atom stereocenters. The molecule has 6 nitrogen and oxygen atoms in total. The lowest BCUT2D eigenvalue weighted by Gasteiger charge is -2.07. The number of sulfonamides is 1. The lowest BCUT2D eigenvalue weighted by molar-refractivity contribution is 0.0702. The molecule has 9 heteroatoms. The Morgan fingerprint density at radius 3 is 2.79 bits per heavy atom. The van der Waals surface area contributed by atoms with Gasteiger partial charge in [-0.15, -0.1) is 11.3 Å². The van der Waals surface area contributed by atoms with Gasteiger partial charge in [0.1, 0.15) is 4.88 Å². The SMILES string of the molecule is O=C(O)c1cc(S(=O)(=O)Nc2cnccc2Cl)cs1. The molecule has 0 aliphatic heterocycles. The molecule has 0 spiro atoms. The molecular weight excluding hydrogens is 312 g/mol. The molecule has 0 bridgehead atoms. The first-order chi connectivity index (χ1) is 8.90. The fourth-order valence-corrected chi connectivity index (χ4v) is 3.61. The fraction of sp³-hybridized carbons (Fsp3) is 0. The van der Waals surface area contributed by atoms with Crippen LogP contribution in [0.5, 0.6) is 0 Å². The van der Waals surface area contributed by atoms with E-state index < -0.39 is 16.0 Å². The van der Waals surface area contributed by atoms with E-state index in [4.69, 9.17) is 16.7 Å². The van der Waals surface area contributed by atoms with Crippen LogP contribution >= 0.6 is 22.9 Å². The number of halogens is 1. The first-order valence-corrected chi connectivity index (χ1v) is 7.58. The van der Waals surface area contributed by atoms with E-state index in [1.807, 2.05) is 0 Å². The van der Waals surface area contributed by atoms with Crippen molar-refractivity contribution in [3.8, 4) is 0 Å². The second-order valence-electron chi connectivity index (χ2n) is 3.41. The summed E-state index contributed by atoms with van der Waals surface area (Å²) in [5.74, 6) is -1.18. The molecule has 0 saturated carbocycles. The summed E-state index contributed by atoms with van der Waals surface area (Å²) in [7, 11) is -3.88. The molecule has 0 radical (unpaired) electrons. The molecule has 2 rings (SSSR count). The van der Waals surface area contributed by atoms with Crippen molar-refractivity contribution in [3.63, 3.8) is 0 Å². The van der Waals surface area contributed by atoms with E-state index in [0.29, 0.717) is 0 Å². The predicted molar refractivity (Wildman–Crippen MR) is 71.3 cm³/mol. The average molecular weight is 319 g/mol. The molecule has 19 heavy (non-hydrogen) atoms. The summed E-state index contributed by atoms with van der Waals surface area (Å²) in [6, 6.07) is 2.52. The van der Waals surface area contributed by atoms with E-state index in [0.717, 1.165) is 17.4 Å². The summed E-state index contributed by atoms with van der Waals surface area (Å²) in [6.45, 7) is 0. The second kappa shape index (κ2) is 5.16. The van der Waals surface area contributed by atoms with E-state index in [9.17, 15) is 13.2 Å². The maximum Gasteiger partial charge on any atom is 0.345 e. The van der Waals surface area contributed by atoms with Gasteiger partial charge in [0.15, 0.2) is 0 Å². The molecule has 0 aliphatic carbocycles. The minimum Gasteiger partial charge on any atom is -0.477 e. The Balaban J connectivity index is 2.32. The number of pyridine rings is 1. The average Bonchev–Trinajstić information content (AvgIpc) is 2.82. The van der Waals surface area contributed by atoms with Crippen molar-refractivity contribution < 1.29 is 18.3 Å². The number of thiophene rings is 1. The Morgan fingerprint density at radius 1 is 1.47 bits per heavy atom. The Kier molecular flexibility index (Phi) is 3.74. The predicted octanol–water partition coefficient (Wildman–Crippen LogP) is 2.30. The van der Waals surface area contributed by atoms with Crippen LogP contribution in [0.25, 0.3) is 0 Å². The molecule has 100 valence electrons. The van der Waals surface area contributed by atoms with Gasteiger partial charge in [0.05, 0.1) is 21.8 Å². The van der Waals surface area contributed by atoms with Gasteiger partial charge < -0.3 is 5.11 Å². The minimum atomic E-state index is -3.88. The zero-order valence-corrected chi connectivity index (χ0v) is 11.6. The number of aromatic nitrogens is 1. The van der Waals surface area contributed by atoms with E-state index in [1.165, 1.54) is 23.8 Å². The minimum absolute atomic E-state index is 0.0577. The van der Waals surface area contributed by atoms with E-state index >= 15 is 0 Å². The van der Waals surface area contributed by atoms with Gasteiger partial charge in [-0.1, -0.05) is 11.6 Å². The summed E-state index contributed by atoms with van der Waals surface area (Å²) in [5, 5.41) is 10.2. The van der Waals surface area contributed by atoms with Gasteiger partial charge >= 0.3 is 5.97 Å². The van der Waals surface area contributed by atoms with Crippen molar-refractivity contribution in [2.45, 2.75) is 4.90 Å². The lowest BCUT2D eigenvalue weighted by Crippen LogP contribution is -2.12.